The van der Waals surface area contributed by atoms with Crippen molar-refractivity contribution in [2.75, 3.05) is 23.7 Å². The summed E-state index contributed by atoms with van der Waals surface area (Å²) >= 11 is 18.3. The van der Waals surface area contributed by atoms with Crippen LogP contribution in [0.5, 0.6) is 0 Å². The molecule has 0 aliphatic carbocycles. The summed E-state index contributed by atoms with van der Waals surface area (Å²) in [6, 6.07) is 11.0. The van der Waals surface area contributed by atoms with Crippen molar-refractivity contribution in [3.05, 3.63) is 63.1 Å². The summed E-state index contributed by atoms with van der Waals surface area (Å²) in [7, 11) is -3.69. The highest BCUT2D eigenvalue weighted by atomic mass is 35.5. The number of carbonyl (C=O) groups is 2. The molecule has 0 heterocycles. The van der Waals surface area contributed by atoms with E-state index in [2.05, 4.69) is 5.32 Å². The van der Waals surface area contributed by atoms with E-state index in [1.165, 1.54) is 12.1 Å². The van der Waals surface area contributed by atoms with Gasteiger partial charge in [0.15, 0.2) is 0 Å². The first kappa shape index (κ1) is 31.2. The standard InChI is InChI=1S/C26H34Cl3N3O4S/c1-5-23(26(34)30-16-18(2)3)31(17-19-8-10-20(27)11-9-19)25(33)7-6-14-32(37(4,35)36)24-15-21(28)12-13-22(24)29/h8-13,15,18,23H,5-7,14,16-17H2,1-4H3,(H,30,34)/t23-/m0/s1. The SMILES string of the molecule is CC[C@@H](C(=O)NCC(C)C)N(Cc1ccc(Cl)cc1)C(=O)CCCN(c1cc(Cl)ccc1Cl)S(C)(=O)=O. The molecule has 0 spiro atoms. The third-order valence-corrected chi connectivity index (χ3v) is 7.65. The number of anilines is 1. The maximum Gasteiger partial charge on any atom is 0.242 e. The molecule has 11 heteroatoms. The second kappa shape index (κ2) is 14.2. The highest BCUT2D eigenvalue weighted by molar-refractivity contribution is 7.92. The third-order valence-electron chi connectivity index (χ3n) is 5.67. The maximum atomic E-state index is 13.5. The molecule has 2 amide bonds. The van der Waals surface area contributed by atoms with Gasteiger partial charge in [-0.1, -0.05) is 67.7 Å². The first-order valence-corrected chi connectivity index (χ1v) is 15.1. The molecule has 0 saturated heterocycles. The molecule has 2 aromatic carbocycles. The van der Waals surface area contributed by atoms with Gasteiger partial charge in [-0.15, -0.1) is 0 Å². The normalized spacial score (nSPS) is 12.3. The Morgan fingerprint density at radius 1 is 1.00 bits per heavy atom. The smallest absolute Gasteiger partial charge is 0.242 e. The van der Waals surface area contributed by atoms with Gasteiger partial charge in [0, 0.05) is 36.1 Å². The highest BCUT2D eigenvalue weighted by Gasteiger charge is 2.29. The molecule has 0 unspecified atom stereocenters. The molecule has 0 saturated carbocycles. The molecule has 0 aliphatic heterocycles. The van der Waals surface area contributed by atoms with Crippen molar-refractivity contribution in [1.82, 2.24) is 10.2 Å². The summed E-state index contributed by atoms with van der Waals surface area (Å²) in [5.74, 6) is -0.212. The van der Waals surface area contributed by atoms with Crippen LogP contribution in [0.1, 0.15) is 45.6 Å². The fraction of sp³-hybridized carbons (Fsp3) is 0.462. The highest BCUT2D eigenvalue weighted by Crippen LogP contribution is 2.31. The summed E-state index contributed by atoms with van der Waals surface area (Å²) in [6.45, 7) is 6.60. The van der Waals surface area contributed by atoms with E-state index >= 15 is 0 Å². The van der Waals surface area contributed by atoms with Crippen LogP contribution in [0, 0.1) is 5.92 Å². The lowest BCUT2D eigenvalue weighted by Gasteiger charge is -2.31. The predicted octanol–water partition coefficient (Wildman–Crippen LogP) is 5.77. The maximum absolute atomic E-state index is 13.5. The number of benzene rings is 2. The summed E-state index contributed by atoms with van der Waals surface area (Å²) in [4.78, 5) is 28.0. The lowest BCUT2D eigenvalue weighted by atomic mass is 10.1. The number of halogens is 3. The van der Waals surface area contributed by atoms with Gasteiger partial charge in [0.1, 0.15) is 6.04 Å². The van der Waals surface area contributed by atoms with Crippen molar-refractivity contribution in [1.29, 1.82) is 0 Å². The van der Waals surface area contributed by atoms with Crippen molar-refractivity contribution in [2.45, 2.75) is 52.6 Å². The topological polar surface area (TPSA) is 86.8 Å². The zero-order valence-corrected chi connectivity index (χ0v) is 24.6. The van der Waals surface area contributed by atoms with Gasteiger partial charge < -0.3 is 10.2 Å². The first-order chi connectivity index (χ1) is 17.3. The average molecular weight is 591 g/mol. The van der Waals surface area contributed by atoms with Gasteiger partial charge in [-0.25, -0.2) is 8.42 Å². The minimum atomic E-state index is -3.69. The van der Waals surface area contributed by atoms with Gasteiger partial charge in [-0.3, -0.25) is 13.9 Å². The number of nitrogens with zero attached hydrogens (tertiary/aromatic N) is 2. The van der Waals surface area contributed by atoms with E-state index < -0.39 is 16.1 Å². The van der Waals surface area contributed by atoms with Crippen LogP contribution in [0.25, 0.3) is 0 Å². The van der Waals surface area contributed by atoms with Crippen molar-refractivity contribution in [2.24, 2.45) is 5.92 Å². The number of rotatable bonds is 13. The van der Waals surface area contributed by atoms with Crippen molar-refractivity contribution >= 4 is 62.3 Å². The number of nitrogens with one attached hydrogen (secondary N) is 1. The summed E-state index contributed by atoms with van der Waals surface area (Å²) in [6.07, 6.45) is 1.75. The quantitative estimate of drug-likeness (QED) is 0.321. The average Bonchev–Trinajstić information content (AvgIpc) is 2.82. The Morgan fingerprint density at radius 2 is 1.62 bits per heavy atom. The van der Waals surface area contributed by atoms with Gasteiger partial charge in [0.25, 0.3) is 0 Å². The van der Waals surface area contributed by atoms with Crippen LogP contribution in [0.2, 0.25) is 15.1 Å². The van der Waals surface area contributed by atoms with Crippen molar-refractivity contribution < 1.29 is 18.0 Å². The Balaban J connectivity index is 2.23. The Bertz CT molecular complexity index is 1170. The van der Waals surface area contributed by atoms with E-state index in [4.69, 9.17) is 34.8 Å². The van der Waals surface area contributed by atoms with Gasteiger partial charge >= 0.3 is 0 Å². The Kier molecular flexibility index (Phi) is 12.0. The number of hydrogen-bond donors (Lipinski definition) is 1. The molecule has 7 nitrogen and oxygen atoms in total. The zero-order chi connectivity index (χ0) is 27.8. The molecule has 0 aromatic heterocycles. The third kappa shape index (κ3) is 9.67. The van der Waals surface area contributed by atoms with Crippen LogP contribution >= 0.6 is 34.8 Å². The number of hydrogen-bond acceptors (Lipinski definition) is 4. The monoisotopic (exact) mass is 589 g/mol. The second-order valence-electron chi connectivity index (χ2n) is 9.25. The molecule has 37 heavy (non-hydrogen) atoms. The Hall–Kier alpha value is -2.00. The van der Waals surface area contributed by atoms with E-state index in [0.717, 1.165) is 16.1 Å². The minimum Gasteiger partial charge on any atom is -0.354 e. The summed E-state index contributed by atoms with van der Waals surface area (Å²) < 4.78 is 26.2. The fourth-order valence-corrected chi connectivity index (χ4v) is 5.32. The van der Waals surface area contributed by atoms with Gasteiger partial charge in [-0.2, -0.15) is 0 Å². The number of amides is 2. The minimum absolute atomic E-state index is 0.0236. The number of sulfonamides is 1. The van der Waals surface area contributed by atoms with Crippen LogP contribution < -0.4 is 9.62 Å². The van der Waals surface area contributed by atoms with Crippen molar-refractivity contribution in [3.8, 4) is 0 Å². The molecule has 0 radical (unpaired) electrons. The lowest BCUT2D eigenvalue weighted by Crippen LogP contribution is -2.49. The van der Waals surface area contributed by atoms with Crippen LogP contribution in [0.3, 0.4) is 0 Å². The van der Waals surface area contributed by atoms with E-state index in [-0.39, 0.29) is 54.4 Å². The summed E-state index contributed by atoms with van der Waals surface area (Å²) in [5, 5.41) is 4.07. The molecule has 0 bridgehead atoms. The van der Waals surface area contributed by atoms with Crippen LogP contribution in [0.4, 0.5) is 5.69 Å². The second-order valence-corrected chi connectivity index (χ2v) is 12.4. The van der Waals surface area contributed by atoms with E-state index in [0.29, 0.717) is 23.0 Å². The van der Waals surface area contributed by atoms with E-state index in [1.807, 2.05) is 32.9 Å². The lowest BCUT2D eigenvalue weighted by molar-refractivity contribution is -0.141. The molecular weight excluding hydrogens is 557 g/mol. The predicted molar refractivity (Wildman–Crippen MR) is 152 cm³/mol. The Morgan fingerprint density at radius 3 is 2.19 bits per heavy atom. The number of carbonyl (C=O) groups excluding carboxylic acids is 2. The molecular formula is C26H34Cl3N3O4S. The van der Waals surface area contributed by atoms with Crippen LogP contribution in [-0.4, -0.2) is 50.5 Å². The van der Waals surface area contributed by atoms with Crippen LogP contribution in [-0.2, 0) is 26.2 Å². The molecule has 0 fully saturated rings. The largest absolute Gasteiger partial charge is 0.354 e. The Labute approximate surface area is 235 Å². The molecule has 0 aliphatic rings. The van der Waals surface area contributed by atoms with Crippen LogP contribution in [0.15, 0.2) is 42.5 Å². The van der Waals surface area contributed by atoms with Gasteiger partial charge in [0.05, 0.1) is 17.0 Å². The van der Waals surface area contributed by atoms with E-state index in [9.17, 15) is 18.0 Å². The fourth-order valence-electron chi connectivity index (χ4n) is 3.79. The molecule has 2 rings (SSSR count). The van der Waals surface area contributed by atoms with Gasteiger partial charge in [-0.05, 0) is 54.7 Å². The van der Waals surface area contributed by atoms with E-state index in [1.54, 1.807) is 23.1 Å². The first-order valence-electron chi connectivity index (χ1n) is 12.1. The van der Waals surface area contributed by atoms with Gasteiger partial charge in [0.2, 0.25) is 21.8 Å². The zero-order valence-electron chi connectivity index (χ0n) is 21.5. The molecule has 204 valence electrons. The molecule has 2 aromatic rings. The summed E-state index contributed by atoms with van der Waals surface area (Å²) in [5.41, 5.74) is 1.08. The molecule has 1 atom stereocenters. The molecule has 1 N–H and O–H groups in total. The van der Waals surface area contributed by atoms with Crippen molar-refractivity contribution in [3.63, 3.8) is 0 Å².